The monoisotopic (exact) mass is 554 g/mol. The highest BCUT2D eigenvalue weighted by Gasteiger charge is 2.22. The average molecular weight is 554 g/mol. The second kappa shape index (κ2) is 12.5. The van der Waals surface area contributed by atoms with Gasteiger partial charge in [0.25, 0.3) is 0 Å². The van der Waals surface area contributed by atoms with Crippen molar-refractivity contribution in [2.45, 2.75) is 70.9 Å². The zero-order valence-corrected chi connectivity index (χ0v) is 21.4. The molecular weight excluding hydrogens is 519 g/mol. The number of benzene rings is 1. The van der Waals surface area contributed by atoms with E-state index in [9.17, 15) is 0 Å². The molecule has 0 bridgehead atoms. The molecule has 2 N–H and O–H groups in total. The average Bonchev–Trinajstić information content (AvgIpc) is 3.24. The van der Waals surface area contributed by atoms with Gasteiger partial charge in [0.2, 0.25) is 0 Å². The molecule has 32 heavy (non-hydrogen) atoms. The first-order valence-electron chi connectivity index (χ1n) is 11.4. The number of hydrogen-bond acceptors (Lipinski definition) is 5. The first-order chi connectivity index (χ1) is 15.2. The van der Waals surface area contributed by atoms with Crippen molar-refractivity contribution in [2.75, 3.05) is 20.3 Å². The Bertz CT molecular complexity index is 881. The molecule has 1 aromatic heterocycles. The van der Waals surface area contributed by atoms with Crippen molar-refractivity contribution in [3.05, 3.63) is 47.0 Å². The van der Waals surface area contributed by atoms with Crippen molar-refractivity contribution in [2.24, 2.45) is 4.99 Å². The molecule has 9 heteroatoms. The molecule has 1 saturated heterocycles. The van der Waals surface area contributed by atoms with Gasteiger partial charge in [-0.2, -0.15) is 5.10 Å². The molecule has 0 saturated carbocycles. The summed E-state index contributed by atoms with van der Waals surface area (Å²) in [5.41, 5.74) is 2.41. The van der Waals surface area contributed by atoms with Crippen LogP contribution in [0.5, 0.6) is 0 Å². The van der Waals surface area contributed by atoms with Crippen molar-refractivity contribution in [1.82, 2.24) is 25.4 Å². The van der Waals surface area contributed by atoms with Crippen molar-refractivity contribution < 1.29 is 9.47 Å². The lowest BCUT2D eigenvalue weighted by molar-refractivity contribution is -0.0390. The van der Waals surface area contributed by atoms with Gasteiger partial charge in [-0.25, -0.2) is 9.67 Å². The molecule has 176 valence electrons. The largest absolute Gasteiger partial charge is 0.381 e. The van der Waals surface area contributed by atoms with Crippen LogP contribution in [0.15, 0.2) is 29.3 Å². The normalized spacial score (nSPS) is 19.2. The highest BCUT2D eigenvalue weighted by Crippen LogP contribution is 2.15. The highest BCUT2D eigenvalue weighted by molar-refractivity contribution is 14.0. The minimum atomic E-state index is 0. The van der Waals surface area contributed by atoms with Crippen LogP contribution in [0.3, 0.4) is 0 Å². The Labute approximate surface area is 207 Å². The topological polar surface area (TPSA) is 85.6 Å². The summed E-state index contributed by atoms with van der Waals surface area (Å²) < 4.78 is 13.5. The number of halogens is 1. The predicted molar refractivity (Wildman–Crippen MR) is 135 cm³/mol. The van der Waals surface area contributed by atoms with Crippen LogP contribution >= 0.6 is 24.0 Å². The van der Waals surface area contributed by atoms with E-state index in [0.717, 1.165) is 69.5 Å². The van der Waals surface area contributed by atoms with Crippen molar-refractivity contribution in [1.29, 1.82) is 0 Å². The lowest BCUT2D eigenvalue weighted by atomic mass is 10.1. The van der Waals surface area contributed by atoms with Crippen molar-refractivity contribution in [3.8, 4) is 0 Å². The van der Waals surface area contributed by atoms with Gasteiger partial charge in [0.05, 0.1) is 19.3 Å². The molecule has 2 aliphatic heterocycles. The minimum Gasteiger partial charge on any atom is -0.381 e. The standard InChI is InChI=1S/C23H34N6O2.HI/c1-3-21-27-22-8-7-19(15-29(22)28-21)26-23(24-2)25-14-17-5-4-6-18(13-17)16-31-20-9-11-30-12-10-20;/h4-6,13,19-20H,3,7-12,14-16H2,1-2H3,(H2,24,25,26);1H. The quantitative estimate of drug-likeness (QED) is 0.311. The van der Waals surface area contributed by atoms with E-state index in [4.69, 9.17) is 9.47 Å². The first kappa shape index (κ1) is 24.9. The lowest BCUT2D eigenvalue weighted by Crippen LogP contribution is -2.46. The minimum absolute atomic E-state index is 0. The van der Waals surface area contributed by atoms with Gasteiger partial charge in [-0.05, 0) is 30.4 Å². The highest BCUT2D eigenvalue weighted by atomic mass is 127. The van der Waals surface area contributed by atoms with E-state index in [1.807, 2.05) is 11.7 Å². The summed E-state index contributed by atoms with van der Waals surface area (Å²) >= 11 is 0. The number of rotatable bonds is 7. The summed E-state index contributed by atoms with van der Waals surface area (Å²) in [6.45, 7) is 5.88. The molecule has 8 nitrogen and oxygen atoms in total. The van der Waals surface area contributed by atoms with Gasteiger partial charge in [0.1, 0.15) is 5.82 Å². The molecule has 2 aliphatic rings. The molecule has 0 spiro atoms. The van der Waals surface area contributed by atoms with E-state index in [1.54, 1.807) is 0 Å². The summed E-state index contributed by atoms with van der Waals surface area (Å²) in [7, 11) is 1.81. The Hall–Kier alpha value is -1.72. The third-order valence-corrected chi connectivity index (χ3v) is 5.89. The van der Waals surface area contributed by atoms with Gasteiger partial charge in [-0.15, -0.1) is 24.0 Å². The zero-order chi connectivity index (χ0) is 21.5. The van der Waals surface area contributed by atoms with E-state index in [1.165, 1.54) is 11.1 Å². The lowest BCUT2D eigenvalue weighted by Gasteiger charge is -2.25. The first-order valence-corrected chi connectivity index (χ1v) is 11.4. The van der Waals surface area contributed by atoms with Crippen LogP contribution in [0.4, 0.5) is 0 Å². The van der Waals surface area contributed by atoms with Crippen molar-refractivity contribution >= 4 is 29.9 Å². The van der Waals surface area contributed by atoms with Crippen LogP contribution in [0.1, 0.15) is 49.0 Å². The Balaban J connectivity index is 0.00000289. The molecule has 1 fully saturated rings. The summed E-state index contributed by atoms with van der Waals surface area (Å²) in [5, 5.41) is 11.6. The van der Waals surface area contributed by atoms with E-state index >= 15 is 0 Å². The smallest absolute Gasteiger partial charge is 0.191 e. The fourth-order valence-electron chi connectivity index (χ4n) is 4.09. The third-order valence-electron chi connectivity index (χ3n) is 5.89. The molecule has 1 aromatic carbocycles. The molecular formula is C23H35IN6O2. The summed E-state index contributed by atoms with van der Waals surface area (Å²) in [4.78, 5) is 9.00. The van der Waals surface area contributed by atoms with Crippen LogP contribution in [-0.2, 0) is 42.0 Å². The Morgan fingerprint density at radius 3 is 2.84 bits per heavy atom. The molecule has 0 amide bonds. The fourth-order valence-corrected chi connectivity index (χ4v) is 4.09. The predicted octanol–water partition coefficient (Wildman–Crippen LogP) is 2.83. The summed E-state index contributed by atoms with van der Waals surface area (Å²) in [6.07, 6.45) is 5.13. The van der Waals surface area contributed by atoms with Crippen molar-refractivity contribution in [3.63, 3.8) is 0 Å². The molecule has 1 atom stereocenters. The van der Waals surface area contributed by atoms with Gasteiger partial charge in [0.15, 0.2) is 11.8 Å². The number of hydrogen-bond donors (Lipinski definition) is 2. The molecule has 3 heterocycles. The Morgan fingerprint density at radius 1 is 1.25 bits per heavy atom. The number of nitrogens with one attached hydrogen (secondary N) is 2. The van der Waals surface area contributed by atoms with E-state index < -0.39 is 0 Å². The van der Waals surface area contributed by atoms with E-state index in [0.29, 0.717) is 25.3 Å². The number of aromatic nitrogens is 3. The maximum atomic E-state index is 6.06. The van der Waals surface area contributed by atoms with Gasteiger partial charge in [0, 0.05) is 45.7 Å². The molecule has 0 radical (unpaired) electrons. The Morgan fingerprint density at radius 2 is 2.06 bits per heavy atom. The molecule has 2 aromatic rings. The zero-order valence-electron chi connectivity index (χ0n) is 19.0. The van der Waals surface area contributed by atoms with Gasteiger partial charge >= 0.3 is 0 Å². The maximum Gasteiger partial charge on any atom is 0.191 e. The number of aliphatic imine (C=N–C) groups is 1. The van der Waals surface area contributed by atoms with Crippen LogP contribution < -0.4 is 10.6 Å². The van der Waals surface area contributed by atoms with Crippen LogP contribution in [0, 0.1) is 0 Å². The maximum absolute atomic E-state index is 6.06. The van der Waals surface area contributed by atoms with E-state index in [-0.39, 0.29) is 24.0 Å². The third kappa shape index (κ3) is 6.89. The summed E-state index contributed by atoms with van der Waals surface area (Å²) in [5.74, 6) is 2.84. The van der Waals surface area contributed by atoms with Crippen LogP contribution in [0.25, 0.3) is 0 Å². The second-order valence-corrected chi connectivity index (χ2v) is 8.23. The number of fused-ring (bicyclic) bond motifs is 1. The second-order valence-electron chi connectivity index (χ2n) is 8.23. The SMILES string of the molecule is CCc1nc2n(n1)CC(NC(=NC)NCc1cccc(COC3CCOCC3)c1)CC2.I. The number of ether oxygens (including phenoxy) is 2. The van der Waals surface area contributed by atoms with Gasteiger partial charge in [-0.3, -0.25) is 4.99 Å². The fraction of sp³-hybridized carbons (Fsp3) is 0.609. The van der Waals surface area contributed by atoms with Gasteiger partial charge in [-0.1, -0.05) is 31.2 Å². The number of guanidine groups is 1. The Kier molecular flexibility index (Phi) is 9.73. The molecule has 4 rings (SSSR count). The summed E-state index contributed by atoms with van der Waals surface area (Å²) in [6, 6.07) is 8.85. The van der Waals surface area contributed by atoms with E-state index in [2.05, 4.69) is 56.9 Å². The molecule has 0 aliphatic carbocycles. The van der Waals surface area contributed by atoms with Crippen LogP contribution in [-0.4, -0.2) is 53.1 Å². The number of aryl methyl sites for hydroxylation is 2. The number of nitrogens with zero attached hydrogens (tertiary/aromatic N) is 4. The van der Waals surface area contributed by atoms with Crippen LogP contribution in [0.2, 0.25) is 0 Å². The van der Waals surface area contributed by atoms with Gasteiger partial charge < -0.3 is 20.1 Å². The molecule has 1 unspecified atom stereocenters.